The molecule has 0 bridgehead atoms. The average Bonchev–Trinajstić information content (AvgIpc) is 3.45. The molecule has 1 aliphatic rings. The number of ether oxygens (including phenoxy) is 1. The molecule has 0 heterocycles. The molecule has 0 saturated heterocycles. The second kappa shape index (κ2) is 8.43. The van der Waals surface area contributed by atoms with E-state index in [2.05, 4.69) is 10.6 Å². The number of hydrogen-bond acceptors (Lipinski definition) is 3. The Hall–Kier alpha value is -2.24. The van der Waals surface area contributed by atoms with E-state index in [1.807, 2.05) is 24.3 Å². The third kappa shape index (κ3) is 5.38. The number of anilines is 1. The van der Waals surface area contributed by atoms with Gasteiger partial charge >= 0.3 is 0 Å². The van der Waals surface area contributed by atoms with Gasteiger partial charge in [-0.15, -0.1) is 0 Å². The van der Waals surface area contributed by atoms with Crippen LogP contribution in [0.25, 0.3) is 0 Å². The summed E-state index contributed by atoms with van der Waals surface area (Å²) >= 11 is 11.8. The summed E-state index contributed by atoms with van der Waals surface area (Å²) in [5, 5.41) is 6.51. The monoisotopic (exact) mass is 392 g/mol. The molecular formula is C19H18Cl2N2O3. The molecule has 1 fully saturated rings. The first-order chi connectivity index (χ1) is 12.5. The molecule has 2 amide bonds. The van der Waals surface area contributed by atoms with Crippen molar-refractivity contribution in [1.29, 1.82) is 0 Å². The Balaban J connectivity index is 1.47. The first kappa shape index (κ1) is 18.5. The van der Waals surface area contributed by atoms with E-state index in [0.29, 0.717) is 22.3 Å². The van der Waals surface area contributed by atoms with Gasteiger partial charge in [-0.25, -0.2) is 0 Å². The molecule has 5 nitrogen and oxygen atoms in total. The van der Waals surface area contributed by atoms with Gasteiger partial charge in [0.15, 0.2) is 6.61 Å². The van der Waals surface area contributed by atoms with Crippen molar-refractivity contribution in [2.24, 2.45) is 5.92 Å². The van der Waals surface area contributed by atoms with Crippen LogP contribution in [0.1, 0.15) is 18.4 Å². The summed E-state index contributed by atoms with van der Waals surface area (Å²) in [6.45, 7) is 0.184. The number of carbonyl (C=O) groups is 2. The maximum absolute atomic E-state index is 12.0. The average molecular weight is 393 g/mol. The van der Waals surface area contributed by atoms with Crippen molar-refractivity contribution in [2.45, 2.75) is 19.4 Å². The van der Waals surface area contributed by atoms with Crippen LogP contribution in [0.3, 0.4) is 0 Å². The van der Waals surface area contributed by atoms with Crippen LogP contribution in [-0.2, 0) is 16.1 Å². The molecule has 0 radical (unpaired) electrons. The number of carbonyl (C=O) groups excluding carboxylic acids is 2. The minimum Gasteiger partial charge on any atom is -0.482 e. The number of amides is 2. The third-order valence-corrected chi connectivity index (χ3v) is 4.42. The first-order valence-electron chi connectivity index (χ1n) is 8.25. The van der Waals surface area contributed by atoms with Gasteiger partial charge in [-0.2, -0.15) is 0 Å². The van der Waals surface area contributed by atoms with E-state index in [1.165, 1.54) is 0 Å². The lowest BCUT2D eigenvalue weighted by Crippen LogP contribution is -2.28. The van der Waals surface area contributed by atoms with E-state index in [1.54, 1.807) is 18.2 Å². The molecule has 136 valence electrons. The van der Waals surface area contributed by atoms with Gasteiger partial charge in [-0.05, 0) is 48.7 Å². The zero-order valence-corrected chi connectivity index (χ0v) is 15.4. The number of halogens is 2. The summed E-state index contributed by atoms with van der Waals surface area (Å²) < 4.78 is 5.39. The Morgan fingerprint density at radius 2 is 1.92 bits per heavy atom. The minimum atomic E-state index is -0.275. The Labute approximate surface area is 161 Å². The van der Waals surface area contributed by atoms with Crippen LogP contribution in [0.4, 0.5) is 5.69 Å². The maximum Gasteiger partial charge on any atom is 0.258 e. The molecule has 2 aromatic carbocycles. The molecular weight excluding hydrogens is 375 g/mol. The standard InChI is InChI=1S/C19H18Cl2N2O3/c20-14-6-7-17(16(21)9-14)26-11-18(24)22-10-12-2-1-3-15(8-12)23-19(25)13-4-5-13/h1-3,6-9,13H,4-5,10-11H2,(H,22,24)(H,23,25). The predicted octanol–water partition coefficient (Wildman–Crippen LogP) is 4.04. The van der Waals surface area contributed by atoms with Crippen molar-refractivity contribution >= 4 is 40.7 Å². The summed E-state index contributed by atoms with van der Waals surface area (Å²) in [5.74, 6) is 0.328. The molecule has 0 spiro atoms. The van der Waals surface area contributed by atoms with Gasteiger partial charge in [0, 0.05) is 23.2 Å². The van der Waals surface area contributed by atoms with E-state index < -0.39 is 0 Å². The number of hydrogen-bond donors (Lipinski definition) is 2. The smallest absolute Gasteiger partial charge is 0.258 e. The molecule has 0 aliphatic heterocycles. The van der Waals surface area contributed by atoms with Crippen molar-refractivity contribution in [3.8, 4) is 5.75 Å². The highest BCUT2D eigenvalue weighted by molar-refractivity contribution is 6.35. The fourth-order valence-electron chi connectivity index (χ4n) is 2.34. The van der Waals surface area contributed by atoms with Crippen molar-refractivity contribution < 1.29 is 14.3 Å². The SMILES string of the molecule is O=C(COc1ccc(Cl)cc1Cl)NCc1cccc(NC(=O)C2CC2)c1. The fourth-order valence-corrected chi connectivity index (χ4v) is 2.80. The lowest BCUT2D eigenvalue weighted by atomic mass is 10.2. The van der Waals surface area contributed by atoms with Gasteiger partial charge in [-0.1, -0.05) is 35.3 Å². The van der Waals surface area contributed by atoms with Crippen molar-refractivity contribution in [3.05, 3.63) is 58.1 Å². The van der Waals surface area contributed by atoms with Gasteiger partial charge in [0.2, 0.25) is 5.91 Å². The topological polar surface area (TPSA) is 67.4 Å². The van der Waals surface area contributed by atoms with E-state index in [9.17, 15) is 9.59 Å². The molecule has 26 heavy (non-hydrogen) atoms. The van der Waals surface area contributed by atoms with Crippen LogP contribution in [-0.4, -0.2) is 18.4 Å². The van der Waals surface area contributed by atoms with Crippen molar-refractivity contribution in [3.63, 3.8) is 0 Å². The zero-order chi connectivity index (χ0) is 18.5. The van der Waals surface area contributed by atoms with Crippen LogP contribution >= 0.6 is 23.2 Å². The highest BCUT2D eigenvalue weighted by Crippen LogP contribution is 2.30. The lowest BCUT2D eigenvalue weighted by molar-refractivity contribution is -0.123. The Kier molecular flexibility index (Phi) is 6.01. The van der Waals surface area contributed by atoms with Gasteiger partial charge in [0.25, 0.3) is 5.91 Å². The Morgan fingerprint density at radius 3 is 2.65 bits per heavy atom. The number of rotatable bonds is 7. The summed E-state index contributed by atoms with van der Waals surface area (Å²) in [6, 6.07) is 12.2. The summed E-state index contributed by atoms with van der Waals surface area (Å²) in [6.07, 6.45) is 1.92. The first-order valence-corrected chi connectivity index (χ1v) is 9.01. The molecule has 3 rings (SSSR count). The second-order valence-electron chi connectivity index (χ2n) is 6.10. The van der Waals surface area contributed by atoms with Crippen LogP contribution in [0.15, 0.2) is 42.5 Å². The van der Waals surface area contributed by atoms with E-state index in [0.717, 1.165) is 24.1 Å². The molecule has 7 heteroatoms. The molecule has 1 saturated carbocycles. The van der Waals surface area contributed by atoms with Crippen LogP contribution in [0.5, 0.6) is 5.75 Å². The Bertz CT molecular complexity index is 822. The minimum absolute atomic E-state index is 0.0550. The molecule has 2 N–H and O–H groups in total. The lowest BCUT2D eigenvalue weighted by Gasteiger charge is -2.10. The third-order valence-electron chi connectivity index (χ3n) is 3.89. The van der Waals surface area contributed by atoms with Crippen LogP contribution < -0.4 is 15.4 Å². The van der Waals surface area contributed by atoms with E-state index in [4.69, 9.17) is 27.9 Å². The van der Waals surface area contributed by atoms with Crippen molar-refractivity contribution in [1.82, 2.24) is 5.32 Å². The zero-order valence-electron chi connectivity index (χ0n) is 13.9. The van der Waals surface area contributed by atoms with Crippen molar-refractivity contribution in [2.75, 3.05) is 11.9 Å². The highest BCUT2D eigenvalue weighted by Gasteiger charge is 2.29. The summed E-state index contributed by atoms with van der Waals surface area (Å²) in [7, 11) is 0. The maximum atomic E-state index is 12.0. The highest BCUT2D eigenvalue weighted by atomic mass is 35.5. The predicted molar refractivity (Wildman–Crippen MR) is 102 cm³/mol. The van der Waals surface area contributed by atoms with Gasteiger partial charge in [-0.3, -0.25) is 9.59 Å². The molecule has 0 aromatic heterocycles. The number of benzene rings is 2. The number of nitrogens with one attached hydrogen (secondary N) is 2. The second-order valence-corrected chi connectivity index (χ2v) is 6.95. The fraction of sp³-hybridized carbons (Fsp3) is 0.263. The van der Waals surface area contributed by atoms with Gasteiger partial charge in [0.05, 0.1) is 5.02 Å². The molecule has 1 aliphatic carbocycles. The van der Waals surface area contributed by atoms with Gasteiger partial charge in [0.1, 0.15) is 5.75 Å². The summed E-state index contributed by atoms with van der Waals surface area (Å²) in [4.78, 5) is 23.8. The molecule has 2 aromatic rings. The Morgan fingerprint density at radius 1 is 1.12 bits per heavy atom. The van der Waals surface area contributed by atoms with Crippen LogP contribution in [0.2, 0.25) is 10.0 Å². The summed E-state index contributed by atoms with van der Waals surface area (Å²) in [5.41, 5.74) is 1.62. The van der Waals surface area contributed by atoms with E-state index in [-0.39, 0.29) is 24.3 Å². The molecule has 0 atom stereocenters. The van der Waals surface area contributed by atoms with Gasteiger partial charge < -0.3 is 15.4 Å². The van der Waals surface area contributed by atoms with E-state index >= 15 is 0 Å². The normalized spacial score (nSPS) is 13.2. The van der Waals surface area contributed by atoms with Crippen LogP contribution in [0, 0.1) is 5.92 Å². The quantitative estimate of drug-likeness (QED) is 0.746. The largest absolute Gasteiger partial charge is 0.482 e. The molecule has 0 unspecified atom stereocenters.